The fourth-order valence-corrected chi connectivity index (χ4v) is 6.21. The molecule has 4 aromatic heterocycles. The summed E-state index contributed by atoms with van der Waals surface area (Å²) < 4.78 is 8.68. The predicted octanol–water partition coefficient (Wildman–Crippen LogP) is 10.1. The van der Waals surface area contributed by atoms with Crippen LogP contribution in [0.25, 0.3) is 83.3 Å². The number of rotatable bonds is 4. The molecule has 0 aliphatic heterocycles. The standard InChI is InChI=1S/C40H23N3O.Pt/c1-3-11-26(12-4-1)27-21-22-30-31-16-9-17-33(39(31)44-38(30)25-27)34-18-10-19-35(41-34)36-24-23-32-29-15-7-8-20-37(29)43(40(32)42-36)28-13-5-2-6-14-28;/h1-13,15-16,18-25H;/q-2;+2. The van der Waals surface area contributed by atoms with Gasteiger partial charge in [-0.2, -0.15) is 24.3 Å². The van der Waals surface area contributed by atoms with Crippen LogP contribution in [-0.2, 0) is 21.1 Å². The molecule has 0 saturated carbocycles. The number of aromatic nitrogens is 3. The molecule has 0 atom stereocenters. The Kier molecular flexibility index (Phi) is 6.66. The summed E-state index contributed by atoms with van der Waals surface area (Å²) in [6.07, 6.45) is 0. The van der Waals surface area contributed by atoms with E-state index in [-0.39, 0.29) is 21.1 Å². The van der Waals surface area contributed by atoms with Crippen molar-refractivity contribution in [2.24, 2.45) is 0 Å². The Morgan fingerprint density at radius 2 is 1.33 bits per heavy atom. The predicted molar refractivity (Wildman–Crippen MR) is 178 cm³/mol. The third-order valence-corrected chi connectivity index (χ3v) is 8.26. The second-order valence-corrected chi connectivity index (χ2v) is 10.9. The first kappa shape index (κ1) is 27.3. The number of hydrogen-bond acceptors (Lipinski definition) is 3. The number of para-hydroxylation sites is 2. The molecule has 0 aliphatic carbocycles. The third kappa shape index (κ3) is 4.49. The quantitative estimate of drug-likeness (QED) is 0.168. The summed E-state index contributed by atoms with van der Waals surface area (Å²) in [4.78, 5) is 10.3. The molecule has 5 aromatic carbocycles. The summed E-state index contributed by atoms with van der Waals surface area (Å²) in [6.45, 7) is 0. The van der Waals surface area contributed by atoms with Crippen LogP contribution in [0, 0.1) is 12.1 Å². The zero-order valence-electron chi connectivity index (χ0n) is 23.8. The maximum Gasteiger partial charge on any atom is 2.00 e. The monoisotopic (exact) mass is 756 g/mol. The number of fused-ring (bicyclic) bond motifs is 6. The van der Waals surface area contributed by atoms with E-state index in [4.69, 9.17) is 14.4 Å². The summed E-state index contributed by atoms with van der Waals surface area (Å²) >= 11 is 0. The Bertz CT molecular complexity index is 2500. The molecule has 0 unspecified atom stereocenters. The van der Waals surface area contributed by atoms with Crippen molar-refractivity contribution in [3.8, 4) is 39.5 Å². The zero-order chi connectivity index (χ0) is 29.0. The molecule has 0 fully saturated rings. The van der Waals surface area contributed by atoms with E-state index in [0.717, 1.165) is 83.3 Å². The van der Waals surface area contributed by atoms with Gasteiger partial charge in [0, 0.05) is 16.2 Å². The van der Waals surface area contributed by atoms with Gasteiger partial charge >= 0.3 is 21.1 Å². The second kappa shape index (κ2) is 11.0. The molecule has 9 aromatic rings. The number of furan rings is 1. The van der Waals surface area contributed by atoms with Crippen LogP contribution in [0.1, 0.15) is 0 Å². The molecular formula is C40H23N3OPt. The van der Waals surface area contributed by atoms with Crippen molar-refractivity contribution in [1.29, 1.82) is 0 Å². The van der Waals surface area contributed by atoms with Crippen LogP contribution in [0.5, 0.6) is 0 Å². The van der Waals surface area contributed by atoms with Gasteiger partial charge in [0.2, 0.25) is 0 Å². The molecule has 9 rings (SSSR count). The van der Waals surface area contributed by atoms with Crippen molar-refractivity contribution in [3.63, 3.8) is 0 Å². The average Bonchev–Trinajstić information content (AvgIpc) is 3.64. The van der Waals surface area contributed by atoms with Crippen LogP contribution in [-0.4, -0.2) is 14.5 Å². The molecule has 0 N–H and O–H groups in total. The molecule has 0 spiro atoms. The van der Waals surface area contributed by atoms with Crippen LogP contribution < -0.4 is 0 Å². The minimum Gasteiger partial charge on any atom is -0.501 e. The first-order valence-corrected chi connectivity index (χ1v) is 14.6. The van der Waals surface area contributed by atoms with Crippen molar-refractivity contribution in [2.45, 2.75) is 0 Å². The van der Waals surface area contributed by atoms with E-state index in [1.165, 1.54) is 0 Å². The summed E-state index contributed by atoms with van der Waals surface area (Å²) in [5, 5.41) is 4.36. The maximum absolute atomic E-state index is 6.51. The molecule has 0 saturated heterocycles. The van der Waals surface area contributed by atoms with Crippen molar-refractivity contribution >= 4 is 43.9 Å². The fraction of sp³-hybridized carbons (Fsp3) is 0. The molecule has 0 amide bonds. The Hall–Kier alpha value is -5.31. The maximum atomic E-state index is 6.51. The Morgan fingerprint density at radius 1 is 0.533 bits per heavy atom. The van der Waals surface area contributed by atoms with Crippen LogP contribution in [0.4, 0.5) is 0 Å². The minimum atomic E-state index is 0. The molecule has 0 bridgehead atoms. The molecule has 0 radical (unpaired) electrons. The van der Waals surface area contributed by atoms with Gasteiger partial charge in [-0.25, -0.2) is 4.98 Å². The van der Waals surface area contributed by atoms with Gasteiger partial charge in [-0.1, -0.05) is 89.4 Å². The van der Waals surface area contributed by atoms with Crippen molar-refractivity contribution in [3.05, 3.63) is 152 Å². The van der Waals surface area contributed by atoms with E-state index in [0.29, 0.717) is 0 Å². The molecule has 4 nitrogen and oxygen atoms in total. The number of hydrogen-bond donors (Lipinski definition) is 0. The van der Waals surface area contributed by atoms with Gasteiger partial charge in [-0.3, -0.25) is 4.98 Å². The molecule has 214 valence electrons. The van der Waals surface area contributed by atoms with Gasteiger partial charge in [0.25, 0.3) is 0 Å². The fourth-order valence-electron chi connectivity index (χ4n) is 6.21. The first-order chi connectivity index (χ1) is 21.8. The molecular weight excluding hydrogens is 734 g/mol. The Labute approximate surface area is 273 Å². The van der Waals surface area contributed by atoms with Gasteiger partial charge in [-0.15, -0.1) is 24.3 Å². The topological polar surface area (TPSA) is 43.9 Å². The third-order valence-electron chi connectivity index (χ3n) is 8.26. The van der Waals surface area contributed by atoms with Gasteiger partial charge in [-0.05, 0) is 47.2 Å². The van der Waals surface area contributed by atoms with Crippen LogP contribution in [0.3, 0.4) is 0 Å². The van der Waals surface area contributed by atoms with Gasteiger partial charge in [0.1, 0.15) is 11.2 Å². The number of benzene rings is 5. The van der Waals surface area contributed by atoms with E-state index >= 15 is 0 Å². The SMILES string of the molecule is [Pt+2].[c-]1ccccc1-n1c2ccccc2c2ccc(-c3cccc(-c4[c-]ccc5c4oc4cc(-c6ccccc6)ccc45)n3)nc21. The molecule has 0 aliphatic rings. The Morgan fingerprint density at radius 3 is 2.22 bits per heavy atom. The summed E-state index contributed by atoms with van der Waals surface area (Å²) in [5.74, 6) is 0. The van der Waals surface area contributed by atoms with Crippen molar-refractivity contribution < 1.29 is 25.5 Å². The summed E-state index contributed by atoms with van der Waals surface area (Å²) in [5.41, 5.74) is 10.0. The van der Waals surface area contributed by atoms with Crippen LogP contribution >= 0.6 is 0 Å². The van der Waals surface area contributed by atoms with E-state index < -0.39 is 0 Å². The van der Waals surface area contributed by atoms with Crippen LogP contribution in [0.2, 0.25) is 0 Å². The minimum absolute atomic E-state index is 0. The molecule has 45 heavy (non-hydrogen) atoms. The largest absolute Gasteiger partial charge is 2.00 e. The Balaban J connectivity index is 0.00000300. The smallest absolute Gasteiger partial charge is 0.501 e. The second-order valence-electron chi connectivity index (χ2n) is 10.9. The van der Waals surface area contributed by atoms with E-state index in [1.54, 1.807) is 0 Å². The van der Waals surface area contributed by atoms with E-state index in [2.05, 4.69) is 108 Å². The molecule has 5 heteroatoms. The number of nitrogens with zero attached hydrogens (tertiary/aromatic N) is 3. The summed E-state index contributed by atoms with van der Waals surface area (Å²) in [6, 6.07) is 54.2. The van der Waals surface area contributed by atoms with Crippen LogP contribution in [0.15, 0.2) is 144 Å². The summed E-state index contributed by atoms with van der Waals surface area (Å²) in [7, 11) is 0. The van der Waals surface area contributed by atoms with Gasteiger partial charge in [0.05, 0.1) is 22.5 Å². The number of pyridine rings is 2. The zero-order valence-corrected chi connectivity index (χ0v) is 26.1. The first-order valence-electron chi connectivity index (χ1n) is 14.6. The van der Waals surface area contributed by atoms with E-state index in [9.17, 15) is 0 Å². The van der Waals surface area contributed by atoms with E-state index in [1.807, 2.05) is 48.5 Å². The normalized spacial score (nSPS) is 11.4. The van der Waals surface area contributed by atoms with Gasteiger partial charge in [0.15, 0.2) is 0 Å². The van der Waals surface area contributed by atoms with Crippen molar-refractivity contribution in [2.75, 3.05) is 0 Å². The average molecular weight is 757 g/mol. The molecule has 4 heterocycles. The van der Waals surface area contributed by atoms with Crippen molar-refractivity contribution in [1.82, 2.24) is 14.5 Å². The van der Waals surface area contributed by atoms with Gasteiger partial charge < -0.3 is 8.98 Å².